The van der Waals surface area contributed by atoms with Crippen LogP contribution in [0.2, 0.25) is 0 Å². The molecule has 0 aromatic rings. The van der Waals surface area contributed by atoms with Gasteiger partial charge in [-0.3, -0.25) is 0 Å². The Bertz CT molecular complexity index is 180. The van der Waals surface area contributed by atoms with E-state index in [1.54, 1.807) is 0 Å². The number of terminal acetylenes is 1. The summed E-state index contributed by atoms with van der Waals surface area (Å²) in [7, 11) is 0. The molecule has 74 valence electrons. The van der Waals surface area contributed by atoms with Gasteiger partial charge in [-0.1, -0.05) is 13.3 Å². The zero-order valence-corrected chi connectivity index (χ0v) is 8.63. The highest BCUT2D eigenvalue weighted by Gasteiger charge is 2.26. The van der Waals surface area contributed by atoms with Crippen LogP contribution in [0.4, 0.5) is 0 Å². The fourth-order valence-electron chi connectivity index (χ4n) is 2.52. The Hall–Kier alpha value is -0.480. The van der Waals surface area contributed by atoms with Gasteiger partial charge in [0.15, 0.2) is 0 Å². The quantitative estimate of drug-likeness (QED) is 0.662. The highest BCUT2D eigenvalue weighted by molar-refractivity contribution is 4.88. The van der Waals surface area contributed by atoms with Crippen LogP contribution in [-0.4, -0.2) is 6.04 Å². The zero-order valence-electron chi connectivity index (χ0n) is 8.63. The van der Waals surface area contributed by atoms with Crippen molar-refractivity contribution in [3.63, 3.8) is 0 Å². The first-order valence-electron chi connectivity index (χ1n) is 5.47. The molecule has 1 rings (SSSR count). The lowest BCUT2D eigenvalue weighted by Gasteiger charge is -2.34. The van der Waals surface area contributed by atoms with Crippen LogP contribution in [0.25, 0.3) is 0 Å². The molecule has 0 radical (unpaired) electrons. The third kappa shape index (κ3) is 3.04. The number of hydrogen-bond donors (Lipinski definition) is 1. The minimum absolute atomic E-state index is 0.436. The van der Waals surface area contributed by atoms with Gasteiger partial charge >= 0.3 is 0 Å². The first-order chi connectivity index (χ1) is 6.27. The zero-order chi connectivity index (χ0) is 9.68. The molecule has 13 heavy (non-hydrogen) atoms. The second-order valence-corrected chi connectivity index (χ2v) is 4.24. The van der Waals surface area contributed by atoms with Gasteiger partial charge in [-0.2, -0.15) is 0 Å². The van der Waals surface area contributed by atoms with Crippen molar-refractivity contribution >= 4 is 0 Å². The molecular formula is C12H21N. The lowest BCUT2D eigenvalue weighted by Crippen LogP contribution is -2.33. The summed E-state index contributed by atoms with van der Waals surface area (Å²) in [6, 6.07) is 0.436. The maximum atomic E-state index is 5.96. The molecule has 0 heterocycles. The molecule has 1 saturated carbocycles. The Kier molecular flexibility index (Phi) is 4.32. The van der Waals surface area contributed by atoms with Crippen LogP contribution in [-0.2, 0) is 0 Å². The average Bonchev–Trinajstić information content (AvgIpc) is 2.15. The molecule has 0 bridgehead atoms. The van der Waals surface area contributed by atoms with E-state index in [4.69, 9.17) is 12.2 Å². The minimum atomic E-state index is 0.436. The summed E-state index contributed by atoms with van der Waals surface area (Å²) >= 11 is 0. The van der Waals surface area contributed by atoms with E-state index in [2.05, 4.69) is 12.8 Å². The predicted molar refractivity (Wildman–Crippen MR) is 57.2 cm³/mol. The molecule has 1 fully saturated rings. The summed E-state index contributed by atoms with van der Waals surface area (Å²) in [4.78, 5) is 0. The van der Waals surface area contributed by atoms with Crippen LogP contribution in [0, 0.1) is 24.2 Å². The van der Waals surface area contributed by atoms with Crippen molar-refractivity contribution in [3.8, 4) is 12.3 Å². The van der Waals surface area contributed by atoms with Gasteiger partial charge in [-0.05, 0) is 37.5 Å². The van der Waals surface area contributed by atoms with E-state index in [1.807, 2.05) is 0 Å². The number of rotatable bonds is 3. The Balaban J connectivity index is 2.41. The van der Waals surface area contributed by atoms with Gasteiger partial charge in [0.25, 0.3) is 0 Å². The largest absolute Gasteiger partial charge is 0.328 e. The van der Waals surface area contributed by atoms with Gasteiger partial charge in [-0.15, -0.1) is 12.3 Å². The molecule has 1 nitrogen and oxygen atoms in total. The topological polar surface area (TPSA) is 26.0 Å². The number of nitrogens with two attached hydrogens (primary N) is 1. The molecule has 0 saturated heterocycles. The van der Waals surface area contributed by atoms with Crippen molar-refractivity contribution in [2.24, 2.45) is 17.6 Å². The summed E-state index contributed by atoms with van der Waals surface area (Å²) < 4.78 is 0. The second-order valence-electron chi connectivity index (χ2n) is 4.24. The van der Waals surface area contributed by atoms with Crippen LogP contribution in [0.1, 0.15) is 45.4 Å². The van der Waals surface area contributed by atoms with Crippen molar-refractivity contribution in [2.75, 3.05) is 0 Å². The highest BCUT2D eigenvalue weighted by Crippen LogP contribution is 2.34. The Morgan fingerprint density at radius 2 is 2.15 bits per heavy atom. The van der Waals surface area contributed by atoms with Crippen LogP contribution in [0.15, 0.2) is 0 Å². The monoisotopic (exact) mass is 179 g/mol. The van der Waals surface area contributed by atoms with E-state index in [-0.39, 0.29) is 0 Å². The molecule has 1 heteroatoms. The average molecular weight is 179 g/mol. The Morgan fingerprint density at radius 3 is 2.77 bits per heavy atom. The second kappa shape index (κ2) is 5.29. The highest BCUT2D eigenvalue weighted by atomic mass is 14.6. The predicted octanol–water partition coefficient (Wildman–Crippen LogP) is 2.55. The van der Waals surface area contributed by atoms with Gasteiger partial charge in [-0.25, -0.2) is 0 Å². The normalized spacial score (nSPS) is 34.1. The van der Waals surface area contributed by atoms with E-state index >= 15 is 0 Å². The number of hydrogen-bond acceptors (Lipinski definition) is 1. The lowest BCUT2D eigenvalue weighted by molar-refractivity contribution is 0.200. The summed E-state index contributed by atoms with van der Waals surface area (Å²) in [6.07, 6.45) is 12.4. The molecular weight excluding hydrogens is 158 g/mol. The van der Waals surface area contributed by atoms with Crippen LogP contribution in [0.5, 0.6) is 0 Å². The standard InChI is InChI=1S/C12H21N/c1-3-5-6-11-9-12(13)8-7-10(11)4-2/h1,10-12H,4-9,13H2,2H3. The summed E-state index contributed by atoms with van der Waals surface area (Å²) in [6.45, 7) is 2.28. The Morgan fingerprint density at radius 1 is 1.38 bits per heavy atom. The molecule has 3 atom stereocenters. The third-order valence-electron chi connectivity index (χ3n) is 3.36. The molecule has 3 unspecified atom stereocenters. The van der Waals surface area contributed by atoms with Crippen LogP contribution in [0.3, 0.4) is 0 Å². The summed E-state index contributed by atoms with van der Waals surface area (Å²) in [5.74, 6) is 4.41. The van der Waals surface area contributed by atoms with Crippen molar-refractivity contribution in [1.29, 1.82) is 0 Å². The van der Waals surface area contributed by atoms with Crippen molar-refractivity contribution in [1.82, 2.24) is 0 Å². The lowest BCUT2D eigenvalue weighted by atomic mass is 9.74. The van der Waals surface area contributed by atoms with Crippen LogP contribution >= 0.6 is 0 Å². The first-order valence-corrected chi connectivity index (χ1v) is 5.47. The van der Waals surface area contributed by atoms with E-state index in [0.717, 1.165) is 18.3 Å². The van der Waals surface area contributed by atoms with E-state index < -0.39 is 0 Å². The van der Waals surface area contributed by atoms with Crippen molar-refractivity contribution < 1.29 is 0 Å². The van der Waals surface area contributed by atoms with Gasteiger partial charge in [0, 0.05) is 12.5 Å². The summed E-state index contributed by atoms with van der Waals surface area (Å²) in [5.41, 5.74) is 5.96. The van der Waals surface area contributed by atoms with Crippen molar-refractivity contribution in [3.05, 3.63) is 0 Å². The molecule has 0 aliphatic heterocycles. The smallest absolute Gasteiger partial charge is 0.00888 e. The van der Waals surface area contributed by atoms with Crippen molar-refractivity contribution in [2.45, 2.75) is 51.5 Å². The van der Waals surface area contributed by atoms with E-state index in [1.165, 1.54) is 32.1 Å². The maximum Gasteiger partial charge on any atom is 0.00888 e. The van der Waals surface area contributed by atoms with Crippen LogP contribution < -0.4 is 5.73 Å². The summed E-state index contributed by atoms with van der Waals surface area (Å²) in [5, 5.41) is 0. The fraction of sp³-hybridized carbons (Fsp3) is 0.833. The third-order valence-corrected chi connectivity index (χ3v) is 3.36. The Labute approximate surface area is 82.1 Å². The molecule has 1 aliphatic rings. The minimum Gasteiger partial charge on any atom is -0.328 e. The first kappa shape index (κ1) is 10.6. The van der Waals surface area contributed by atoms with Gasteiger partial charge < -0.3 is 5.73 Å². The maximum absolute atomic E-state index is 5.96. The molecule has 0 aromatic carbocycles. The molecule has 0 spiro atoms. The van der Waals surface area contributed by atoms with E-state index in [0.29, 0.717) is 6.04 Å². The van der Waals surface area contributed by atoms with Gasteiger partial charge in [0.1, 0.15) is 0 Å². The molecule has 0 aromatic heterocycles. The molecule has 1 aliphatic carbocycles. The molecule has 2 N–H and O–H groups in total. The van der Waals surface area contributed by atoms with Gasteiger partial charge in [0.05, 0.1) is 0 Å². The van der Waals surface area contributed by atoms with Gasteiger partial charge in [0.2, 0.25) is 0 Å². The van der Waals surface area contributed by atoms with E-state index in [9.17, 15) is 0 Å². The SMILES string of the molecule is C#CCCC1CC(N)CCC1CC. The fourth-order valence-corrected chi connectivity index (χ4v) is 2.52. The molecule has 0 amide bonds.